The molecule has 0 bridgehead atoms. The molecule has 2 aliphatic heterocycles. The number of hydrogen-bond donors (Lipinski definition) is 1. The van der Waals surface area contributed by atoms with Crippen LogP contribution in [0, 0.1) is 59.2 Å². The minimum absolute atomic E-state index is 0. The molecule has 0 radical (unpaired) electrons. The number of likely N-dealkylation sites (tertiary alicyclic amines) is 2. The molecule has 0 spiro atoms. The lowest BCUT2D eigenvalue weighted by Crippen LogP contribution is -2.41. The van der Waals surface area contributed by atoms with Crippen molar-refractivity contribution in [3.8, 4) is 46.3 Å². The van der Waals surface area contributed by atoms with Crippen molar-refractivity contribution in [1.29, 1.82) is 0 Å². The predicted octanol–water partition coefficient (Wildman–Crippen LogP) is 10.5. The van der Waals surface area contributed by atoms with Crippen molar-refractivity contribution in [3.05, 3.63) is 120 Å². The van der Waals surface area contributed by atoms with Gasteiger partial charge < -0.3 is 37.5 Å². The second kappa shape index (κ2) is 22.3. The molecule has 2 amide bonds. The Morgan fingerprint density at radius 1 is 0.699 bits per heavy atom. The first-order chi connectivity index (χ1) is 34.0. The summed E-state index contributed by atoms with van der Waals surface area (Å²) in [6.07, 6.45) is 7.70. The average Bonchev–Trinajstić information content (AvgIpc) is 4.00. The Bertz CT molecular complexity index is 2950. The first kappa shape index (κ1) is 54.3. The topological polar surface area (TPSA) is 158 Å². The Labute approximate surface area is 433 Å². The highest BCUT2D eigenvalue weighted by Crippen LogP contribution is 2.52. The molecule has 73 heavy (non-hydrogen) atoms. The molecule has 2 aromatic carbocycles. The Morgan fingerprint density at radius 3 is 1.48 bits per heavy atom. The van der Waals surface area contributed by atoms with Gasteiger partial charge in [0.25, 0.3) is 0 Å². The molecule has 1 N–H and O–H groups in total. The summed E-state index contributed by atoms with van der Waals surface area (Å²) in [6.45, 7) is 23.4. The Morgan fingerprint density at radius 2 is 1.10 bits per heavy atom. The maximum atomic E-state index is 11.9. The van der Waals surface area contributed by atoms with Crippen LogP contribution in [0.5, 0.6) is 0 Å². The number of benzene rings is 2. The molecule has 15 heteroatoms. The highest BCUT2D eigenvalue weighted by Gasteiger charge is 2.56. The number of aromatic nitrogens is 6. The lowest BCUT2D eigenvalue weighted by molar-refractivity contribution is -0.131. The molecule has 2 saturated carbocycles. The number of aliphatic hydroxyl groups is 1. The summed E-state index contributed by atoms with van der Waals surface area (Å²) in [5, 5.41) is 18.4. The number of rotatable bonds is 12. The van der Waals surface area contributed by atoms with E-state index in [1.165, 1.54) is 0 Å². The van der Waals surface area contributed by atoms with Crippen molar-refractivity contribution in [3.63, 3.8) is 0 Å². The fourth-order valence-electron chi connectivity index (χ4n) is 9.80. The van der Waals surface area contributed by atoms with Gasteiger partial charge in [-0.2, -0.15) is 0 Å². The zero-order chi connectivity index (χ0) is 50.2. The van der Waals surface area contributed by atoms with Crippen LogP contribution in [-0.2, 0) is 27.1 Å². The van der Waals surface area contributed by atoms with Gasteiger partial charge in [0.2, 0.25) is 11.8 Å². The number of carbonyl (C=O) groups is 2. The van der Waals surface area contributed by atoms with Crippen LogP contribution in [0.25, 0.3) is 22.6 Å². The lowest BCUT2D eigenvalue weighted by atomic mass is 10.1. The summed E-state index contributed by atoms with van der Waals surface area (Å²) in [7, 11) is -1.92. The summed E-state index contributed by atoms with van der Waals surface area (Å²) in [4.78, 5) is 36.4. The Balaban J connectivity index is 0.000000212. The summed E-state index contributed by atoms with van der Waals surface area (Å²) >= 11 is 0. The summed E-state index contributed by atoms with van der Waals surface area (Å²) in [5.41, 5.74) is 5.47. The smallest absolute Gasteiger partial charge is 0.222 e. The van der Waals surface area contributed by atoms with E-state index in [-0.39, 0.29) is 37.8 Å². The summed E-state index contributed by atoms with van der Waals surface area (Å²) in [5.74, 6) is 19.9. The normalized spacial score (nSPS) is 21.1. The molecule has 386 valence electrons. The van der Waals surface area contributed by atoms with Crippen LogP contribution in [0.3, 0.4) is 0 Å². The van der Waals surface area contributed by atoms with Crippen LogP contribution in [-0.4, -0.2) is 90.6 Å². The molecule has 6 aromatic rings. The van der Waals surface area contributed by atoms with Crippen molar-refractivity contribution in [2.45, 2.75) is 120 Å². The Hall–Kier alpha value is -6.52. The van der Waals surface area contributed by atoms with Gasteiger partial charge in [0.15, 0.2) is 19.8 Å². The number of aliphatic hydroxyl groups excluding tert-OH is 1. The third-order valence-corrected chi connectivity index (χ3v) is 19.7. The highest BCUT2D eigenvalue weighted by molar-refractivity contribution is 6.74. The molecule has 2 aliphatic carbocycles. The van der Waals surface area contributed by atoms with Gasteiger partial charge in [0.05, 0.1) is 13.1 Å². The molecule has 4 aliphatic rings. The van der Waals surface area contributed by atoms with E-state index in [4.69, 9.17) is 13.5 Å². The largest absolute Gasteiger partial charge is 0.407 e. The lowest BCUT2D eigenvalue weighted by Gasteiger charge is -2.38. The predicted molar refractivity (Wildman–Crippen MR) is 286 cm³/mol. The van der Waals surface area contributed by atoms with Crippen LogP contribution in [0.2, 0.25) is 18.1 Å². The fourth-order valence-corrected chi connectivity index (χ4v) is 11.1. The van der Waals surface area contributed by atoms with E-state index in [2.05, 4.69) is 89.3 Å². The maximum absolute atomic E-state index is 11.9. The van der Waals surface area contributed by atoms with E-state index in [1.807, 2.05) is 107 Å². The van der Waals surface area contributed by atoms with Gasteiger partial charge in [-0.1, -0.05) is 83.5 Å². The van der Waals surface area contributed by atoms with E-state index in [9.17, 15) is 14.7 Å². The van der Waals surface area contributed by atoms with Gasteiger partial charge >= 0.3 is 0 Å². The van der Waals surface area contributed by atoms with Crippen molar-refractivity contribution < 1.29 is 28.2 Å². The number of piperidine rings is 2. The van der Waals surface area contributed by atoms with Crippen molar-refractivity contribution >= 4 is 20.1 Å². The van der Waals surface area contributed by atoms with Gasteiger partial charge in [0.1, 0.15) is 35.2 Å². The second-order valence-corrected chi connectivity index (χ2v) is 25.8. The van der Waals surface area contributed by atoms with Crippen LogP contribution >= 0.6 is 0 Å². The first-order valence-electron chi connectivity index (χ1n) is 25.1. The number of nitrogens with zero attached hydrogens (tertiary/aromatic N) is 8. The minimum Gasteiger partial charge on any atom is -0.407 e. The third-order valence-electron chi connectivity index (χ3n) is 15.1. The first-order valence-corrected chi connectivity index (χ1v) is 28.0. The number of fused-ring (bicyclic) bond motifs is 2. The summed E-state index contributed by atoms with van der Waals surface area (Å²) < 4.78 is 21.7. The molecular formula is C58H74N8O6Si. The molecule has 14 nitrogen and oxygen atoms in total. The van der Waals surface area contributed by atoms with Gasteiger partial charge in [-0.05, 0) is 104 Å². The average molecular weight is 1010 g/mol. The van der Waals surface area contributed by atoms with Gasteiger partial charge in [0, 0.05) is 110 Å². The van der Waals surface area contributed by atoms with E-state index < -0.39 is 14.4 Å². The van der Waals surface area contributed by atoms with Gasteiger partial charge in [-0.3, -0.25) is 9.59 Å². The number of hydrogen-bond acceptors (Lipinski definition) is 10. The number of amides is 2. The SMILES string of the molecule is C.C.CCC(=O)N1C[C@@H]2C(C#Cc3ccc(-c4cc(Cn5ccnc5[C@H](C)O)no4)cc3)[C@@H]2C1.CCC(=O)N1C[C@@H]2C(C#Cc3ccc(-c4cc(Cn5ccnc5[C@H](C)O[Si](C)(C)C(C)(C)C)no4)cc3)[C@@H]2C1. The number of carbonyl (C=O) groups excluding carboxylic acids is 2. The molecule has 4 aromatic heterocycles. The van der Waals surface area contributed by atoms with Gasteiger partial charge in [-0.25, -0.2) is 9.97 Å². The molecule has 2 unspecified atom stereocenters. The van der Waals surface area contributed by atoms with E-state index >= 15 is 0 Å². The van der Waals surface area contributed by atoms with Gasteiger partial charge in [-0.15, -0.1) is 0 Å². The van der Waals surface area contributed by atoms with Crippen molar-refractivity contribution in [1.82, 2.24) is 39.2 Å². The zero-order valence-electron chi connectivity index (χ0n) is 42.4. The highest BCUT2D eigenvalue weighted by atomic mass is 28.4. The van der Waals surface area contributed by atoms with E-state index in [0.717, 1.165) is 71.4 Å². The fraction of sp³-hybridized carbons (Fsp3) is 0.483. The zero-order valence-corrected chi connectivity index (χ0v) is 43.4. The van der Waals surface area contributed by atoms with Crippen LogP contribution in [0.4, 0.5) is 0 Å². The van der Waals surface area contributed by atoms with Crippen LogP contribution < -0.4 is 0 Å². The molecular weight excluding hydrogens is 933 g/mol. The van der Waals surface area contributed by atoms with Crippen molar-refractivity contribution in [2.24, 2.45) is 35.5 Å². The van der Waals surface area contributed by atoms with Crippen LogP contribution in [0.1, 0.15) is 123 Å². The van der Waals surface area contributed by atoms with Crippen LogP contribution in [0.15, 0.2) is 94.5 Å². The quantitative estimate of drug-likeness (QED) is 0.0924. The molecule has 2 saturated heterocycles. The third kappa shape index (κ3) is 12.1. The number of imidazole rings is 2. The maximum Gasteiger partial charge on any atom is 0.222 e. The molecule has 6 heterocycles. The summed E-state index contributed by atoms with van der Waals surface area (Å²) in [6, 6.07) is 20.0. The second-order valence-electron chi connectivity index (χ2n) is 21.1. The van der Waals surface area contributed by atoms with E-state index in [0.29, 0.717) is 73.0 Å². The molecule has 8 atom stereocenters. The molecule has 4 fully saturated rings. The minimum atomic E-state index is -1.92. The standard InChI is InChI=1S/C31H40N4O3Si.C25H26N4O3.2CH4/c1-8-29(36)35-19-26-25(27(26)20-35)14-11-22-9-12-23(13-10-22)28-17-24(33-37-28)18-34-16-15-32-30(34)21(2)38-39(6,7)31(3,4)5;1-3-24(31)29-14-21-20(22(21)15-29)9-6-17-4-7-18(8-5-17)23-12-19(27-32-23)13-28-11-10-26-25(28)16(2)30;;/h9-10,12-13,15-17,21,25-27H,8,18-20H2,1-7H3;4-5,7-8,10-12,16,20-22,30H,3,13-15H2,1-2H3;2*1H4/t21-,25?,26-,27+;16-,20?,21-,22+;;/m00../s1. The molecule has 10 rings (SSSR count). The van der Waals surface area contributed by atoms with E-state index in [1.54, 1.807) is 13.1 Å². The Kier molecular flexibility index (Phi) is 16.6. The monoisotopic (exact) mass is 1010 g/mol. The van der Waals surface area contributed by atoms with Crippen molar-refractivity contribution in [2.75, 3.05) is 26.2 Å².